The number of nitrogen functional groups attached to an aromatic ring is 1. The molecule has 0 aromatic carbocycles. The first-order valence-corrected chi connectivity index (χ1v) is 7.81. The lowest BCUT2D eigenvalue weighted by atomic mass is 10.00. The van der Waals surface area contributed by atoms with Gasteiger partial charge >= 0.3 is 0 Å². The summed E-state index contributed by atoms with van der Waals surface area (Å²) in [4.78, 5) is 16.3. The lowest BCUT2D eigenvalue weighted by Crippen LogP contribution is -2.39. The van der Waals surface area contributed by atoms with Crippen LogP contribution in [0.3, 0.4) is 0 Å². The van der Waals surface area contributed by atoms with Crippen LogP contribution in [0.1, 0.15) is 35.1 Å². The third-order valence-electron chi connectivity index (χ3n) is 4.02. The number of likely N-dealkylation sites (tertiary alicyclic amines) is 1. The monoisotopic (exact) mass is 292 g/mol. The maximum absolute atomic E-state index is 12.7. The van der Waals surface area contributed by atoms with Crippen LogP contribution in [0.25, 0.3) is 10.2 Å². The molecule has 20 heavy (non-hydrogen) atoms. The number of thiophene rings is 1. The maximum atomic E-state index is 12.7. The van der Waals surface area contributed by atoms with Gasteiger partial charge in [-0.15, -0.1) is 11.3 Å². The Balaban J connectivity index is 1.99. The maximum Gasteiger partial charge on any atom is 0.266 e. The number of aryl methyl sites for hydroxylation is 2. The van der Waals surface area contributed by atoms with Crippen LogP contribution in [0, 0.1) is 12.8 Å². The summed E-state index contributed by atoms with van der Waals surface area (Å²) in [6.45, 7) is 5.81. The molecule has 2 aromatic heterocycles. The van der Waals surface area contributed by atoms with Gasteiger partial charge in [-0.25, -0.2) is 0 Å². The summed E-state index contributed by atoms with van der Waals surface area (Å²) >= 11 is 1.46. The van der Waals surface area contributed by atoms with Crippen molar-refractivity contribution in [2.75, 3.05) is 18.8 Å². The highest BCUT2D eigenvalue weighted by molar-refractivity contribution is 7.21. The Morgan fingerprint density at radius 3 is 2.90 bits per heavy atom. The lowest BCUT2D eigenvalue weighted by molar-refractivity contribution is 0.0689. The number of fused-ring (bicyclic) bond motifs is 1. The Kier molecular flexibility index (Phi) is 3.20. The molecule has 3 rings (SSSR count). The summed E-state index contributed by atoms with van der Waals surface area (Å²) in [6, 6.07) is 0. The second kappa shape index (κ2) is 4.77. The molecule has 1 unspecified atom stereocenters. The first-order valence-electron chi connectivity index (χ1n) is 7.00. The average Bonchev–Trinajstić information content (AvgIpc) is 2.88. The molecular formula is C14H20N4OS. The summed E-state index contributed by atoms with van der Waals surface area (Å²) in [5.41, 5.74) is 7.69. The first-order chi connectivity index (χ1) is 9.49. The van der Waals surface area contributed by atoms with Crippen molar-refractivity contribution in [2.24, 2.45) is 13.0 Å². The highest BCUT2D eigenvalue weighted by atomic mass is 32.1. The van der Waals surface area contributed by atoms with E-state index in [0.717, 1.165) is 35.4 Å². The van der Waals surface area contributed by atoms with Crippen molar-refractivity contribution in [1.82, 2.24) is 14.7 Å². The van der Waals surface area contributed by atoms with Crippen LogP contribution in [0.4, 0.5) is 5.69 Å². The zero-order valence-electron chi connectivity index (χ0n) is 12.1. The fourth-order valence-electron chi connectivity index (χ4n) is 3.01. The molecule has 3 heterocycles. The molecule has 108 valence electrons. The van der Waals surface area contributed by atoms with Crippen molar-refractivity contribution in [2.45, 2.75) is 26.7 Å². The Bertz CT molecular complexity index is 672. The molecule has 0 aliphatic carbocycles. The van der Waals surface area contributed by atoms with Crippen LogP contribution in [0.2, 0.25) is 0 Å². The fraction of sp³-hybridized carbons (Fsp3) is 0.571. The number of carbonyl (C=O) groups is 1. The lowest BCUT2D eigenvalue weighted by Gasteiger charge is -2.30. The van der Waals surface area contributed by atoms with Gasteiger partial charge in [0.15, 0.2) is 0 Å². The highest BCUT2D eigenvalue weighted by Crippen LogP contribution is 2.36. The predicted molar refractivity (Wildman–Crippen MR) is 82.0 cm³/mol. The standard InChI is InChI=1S/C14H20N4OS/c1-8-5-4-6-18(7-8)13(19)12-11(15)10-9(2)16-17(3)14(10)20-12/h8H,4-7,15H2,1-3H3. The molecule has 2 N–H and O–H groups in total. The van der Waals surface area contributed by atoms with E-state index in [1.165, 1.54) is 17.8 Å². The Labute approximate surface area is 122 Å². The Morgan fingerprint density at radius 1 is 1.50 bits per heavy atom. The summed E-state index contributed by atoms with van der Waals surface area (Å²) < 4.78 is 1.81. The number of amides is 1. The van der Waals surface area contributed by atoms with Gasteiger partial charge < -0.3 is 10.6 Å². The van der Waals surface area contributed by atoms with Gasteiger partial charge in [0.05, 0.1) is 16.8 Å². The van der Waals surface area contributed by atoms with E-state index in [2.05, 4.69) is 12.0 Å². The second-order valence-electron chi connectivity index (χ2n) is 5.73. The van der Waals surface area contributed by atoms with Crippen molar-refractivity contribution in [3.8, 4) is 0 Å². The molecule has 1 aliphatic rings. The van der Waals surface area contributed by atoms with Crippen molar-refractivity contribution >= 4 is 33.1 Å². The molecule has 1 aliphatic heterocycles. The van der Waals surface area contributed by atoms with Crippen molar-refractivity contribution in [1.29, 1.82) is 0 Å². The minimum absolute atomic E-state index is 0.0784. The molecule has 1 saturated heterocycles. The second-order valence-corrected chi connectivity index (χ2v) is 6.73. The van der Waals surface area contributed by atoms with E-state index in [4.69, 9.17) is 5.73 Å². The number of anilines is 1. The van der Waals surface area contributed by atoms with E-state index in [9.17, 15) is 4.79 Å². The number of hydrogen-bond acceptors (Lipinski definition) is 4. The van der Waals surface area contributed by atoms with Crippen molar-refractivity contribution < 1.29 is 4.79 Å². The van der Waals surface area contributed by atoms with Crippen LogP contribution in [0.15, 0.2) is 0 Å². The summed E-state index contributed by atoms with van der Waals surface area (Å²) in [6.07, 6.45) is 2.28. The summed E-state index contributed by atoms with van der Waals surface area (Å²) in [5.74, 6) is 0.654. The average molecular weight is 292 g/mol. The third kappa shape index (κ3) is 1.98. The van der Waals surface area contributed by atoms with Crippen LogP contribution in [-0.4, -0.2) is 33.7 Å². The molecular weight excluding hydrogens is 272 g/mol. The predicted octanol–water partition coefficient (Wildman–Crippen LogP) is 2.40. The molecule has 0 saturated carbocycles. The smallest absolute Gasteiger partial charge is 0.266 e. The molecule has 1 atom stereocenters. The zero-order valence-corrected chi connectivity index (χ0v) is 13.0. The van der Waals surface area contributed by atoms with Gasteiger partial charge in [0.25, 0.3) is 5.91 Å². The topological polar surface area (TPSA) is 64.2 Å². The summed E-state index contributed by atoms with van der Waals surface area (Å²) in [5, 5.41) is 5.29. The van der Waals surface area contributed by atoms with E-state index >= 15 is 0 Å². The van der Waals surface area contributed by atoms with E-state index < -0.39 is 0 Å². The highest BCUT2D eigenvalue weighted by Gasteiger charge is 2.27. The van der Waals surface area contributed by atoms with Crippen LogP contribution < -0.4 is 5.73 Å². The number of carbonyl (C=O) groups excluding carboxylic acids is 1. The first kappa shape index (κ1) is 13.4. The number of piperidine rings is 1. The van der Waals surface area contributed by atoms with Gasteiger partial charge in [-0.1, -0.05) is 6.92 Å². The van der Waals surface area contributed by atoms with Gasteiger partial charge in [0, 0.05) is 20.1 Å². The molecule has 5 nitrogen and oxygen atoms in total. The van der Waals surface area contributed by atoms with Gasteiger partial charge in [-0.05, 0) is 25.7 Å². The van der Waals surface area contributed by atoms with Crippen LogP contribution in [-0.2, 0) is 7.05 Å². The number of hydrogen-bond donors (Lipinski definition) is 1. The quantitative estimate of drug-likeness (QED) is 0.877. The molecule has 1 amide bonds. The number of nitrogens with zero attached hydrogens (tertiary/aromatic N) is 3. The fourth-order valence-corrected chi connectivity index (χ4v) is 4.16. The minimum atomic E-state index is 0.0784. The molecule has 1 fully saturated rings. The van der Waals surface area contributed by atoms with E-state index in [-0.39, 0.29) is 5.91 Å². The van der Waals surface area contributed by atoms with E-state index in [0.29, 0.717) is 16.5 Å². The number of rotatable bonds is 1. The van der Waals surface area contributed by atoms with E-state index in [1.807, 2.05) is 18.9 Å². The number of nitrogens with two attached hydrogens (primary N) is 1. The van der Waals surface area contributed by atoms with Crippen LogP contribution >= 0.6 is 11.3 Å². The normalized spacial score (nSPS) is 19.8. The molecule has 0 bridgehead atoms. The number of aromatic nitrogens is 2. The summed E-state index contributed by atoms with van der Waals surface area (Å²) in [7, 11) is 1.89. The van der Waals surface area contributed by atoms with E-state index in [1.54, 1.807) is 4.68 Å². The SMILES string of the molecule is Cc1nn(C)c2sc(C(=O)N3CCCC(C)C3)c(N)c12. The molecule has 6 heteroatoms. The molecule has 2 aromatic rings. The van der Waals surface area contributed by atoms with Crippen LogP contribution in [0.5, 0.6) is 0 Å². The molecule has 0 spiro atoms. The van der Waals surface area contributed by atoms with Crippen molar-refractivity contribution in [3.63, 3.8) is 0 Å². The largest absolute Gasteiger partial charge is 0.397 e. The van der Waals surface area contributed by atoms with Gasteiger partial charge in [0.1, 0.15) is 9.71 Å². The molecule has 0 radical (unpaired) electrons. The Morgan fingerprint density at radius 2 is 2.25 bits per heavy atom. The zero-order chi connectivity index (χ0) is 14.4. The third-order valence-corrected chi connectivity index (χ3v) is 5.28. The van der Waals surface area contributed by atoms with Gasteiger partial charge in [-0.2, -0.15) is 5.10 Å². The van der Waals surface area contributed by atoms with Gasteiger partial charge in [0.2, 0.25) is 0 Å². The Hall–Kier alpha value is -1.56. The van der Waals surface area contributed by atoms with Crippen molar-refractivity contribution in [3.05, 3.63) is 10.6 Å². The minimum Gasteiger partial charge on any atom is -0.397 e. The van der Waals surface area contributed by atoms with Gasteiger partial charge in [-0.3, -0.25) is 9.48 Å².